The number of ether oxygens (including phenoxy) is 1. The molecule has 7 nitrogen and oxygen atoms in total. The molecule has 2 aromatic rings. The summed E-state index contributed by atoms with van der Waals surface area (Å²) in [6, 6.07) is 1.09. The summed E-state index contributed by atoms with van der Waals surface area (Å²) >= 11 is 0. The lowest BCUT2D eigenvalue weighted by molar-refractivity contribution is 0.0805. The summed E-state index contributed by atoms with van der Waals surface area (Å²) in [5.74, 6) is 0.585. The standard InChI is InChI=1S/C15H25N5O2Si/c1-11(21)13-12-14(19(2)3)16-9-17-15(12)20(18-13)10-22-7-8-23(4,5)6/h9H,7-8,10H2,1-6H3. The molecule has 0 aliphatic rings. The maximum Gasteiger partial charge on any atom is 0.180 e. The van der Waals surface area contributed by atoms with Gasteiger partial charge in [-0.05, 0) is 6.04 Å². The Hall–Kier alpha value is -1.80. The molecule has 0 atom stereocenters. The predicted molar refractivity (Wildman–Crippen MR) is 93.8 cm³/mol. The third-order valence-corrected chi connectivity index (χ3v) is 5.18. The first-order valence-electron chi connectivity index (χ1n) is 7.68. The van der Waals surface area contributed by atoms with Gasteiger partial charge in [0, 0.05) is 35.7 Å². The number of ketones is 1. The average Bonchev–Trinajstić information content (AvgIpc) is 2.81. The van der Waals surface area contributed by atoms with Crippen LogP contribution in [0.15, 0.2) is 6.33 Å². The topological polar surface area (TPSA) is 73.1 Å². The van der Waals surface area contributed by atoms with Crippen molar-refractivity contribution in [3.8, 4) is 0 Å². The van der Waals surface area contributed by atoms with E-state index >= 15 is 0 Å². The van der Waals surface area contributed by atoms with Crippen LogP contribution in [0.25, 0.3) is 11.0 Å². The van der Waals surface area contributed by atoms with Gasteiger partial charge in [0.25, 0.3) is 0 Å². The van der Waals surface area contributed by atoms with Gasteiger partial charge in [-0.25, -0.2) is 14.6 Å². The molecule has 0 aromatic carbocycles. The van der Waals surface area contributed by atoms with Gasteiger partial charge < -0.3 is 9.64 Å². The minimum atomic E-state index is -1.13. The molecular formula is C15H25N5O2Si. The third kappa shape index (κ3) is 4.14. The minimum Gasteiger partial charge on any atom is -0.362 e. The number of fused-ring (bicyclic) bond motifs is 1. The van der Waals surface area contributed by atoms with Crippen molar-refractivity contribution in [1.82, 2.24) is 19.7 Å². The van der Waals surface area contributed by atoms with Gasteiger partial charge in [-0.3, -0.25) is 4.79 Å². The average molecular weight is 335 g/mol. The van der Waals surface area contributed by atoms with Gasteiger partial charge in [-0.15, -0.1) is 0 Å². The van der Waals surface area contributed by atoms with Crippen molar-refractivity contribution >= 4 is 30.7 Å². The van der Waals surface area contributed by atoms with Crippen LogP contribution < -0.4 is 4.90 Å². The second-order valence-electron chi connectivity index (χ2n) is 7.04. The van der Waals surface area contributed by atoms with E-state index in [1.54, 1.807) is 4.68 Å². The molecule has 126 valence electrons. The molecule has 23 heavy (non-hydrogen) atoms. The lowest BCUT2D eigenvalue weighted by Gasteiger charge is -2.15. The van der Waals surface area contributed by atoms with Gasteiger partial charge in [0.2, 0.25) is 0 Å². The SMILES string of the molecule is CC(=O)c1nn(COCC[Si](C)(C)C)c2ncnc(N(C)C)c12. The Morgan fingerprint density at radius 2 is 2.00 bits per heavy atom. The van der Waals surface area contributed by atoms with Crippen LogP contribution in [-0.4, -0.2) is 54.3 Å². The summed E-state index contributed by atoms with van der Waals surface area (Å²) in [6.45, 7) is 9.42. The molecule has 0 saturated heterocycles. The van der Waals surface area contributed by atoms with E-state index in [-0.39, 0.29) is 12.5 Å². The zero-order chi connectivity index (χ0) is 17.2. The number of carbonyl (C=O) groups excluding carboxylic acids is 1. The van der Waals surface area contributed by atoms with Crippen LogP contribution in [0.1, 0.15) is 17.4 Å². The van der Waals surface area contributed by atoms with Crippen LogP contribution in [0.5, 0.6) is 0 Å². The first-order chi connectivity index (χ1) is 10.7. The van der Waals surface area contributed by atoms with Crippen LogP contribution in [-0.2, 0) is 11.5 Å². The van der Waals surface area contributed by atoms with E-state index in [1.165, 1.54) is 13.3 Å². The Bertz CT molecular complexity index is 706. The largest absolute Gasteiger partial charge is 0.362 e. The summed E-state index contributed by atoms with van der Waals surface area (Å²) in [5, 5.41) is 5.07. The van der Waals surface area contributed by atoms with E-state index < -0.39 is 8.07 Å². The minimum absolute atomic E-state index is 0.103. The first-order valence-corrected chi connectivity index (χ1v) is 11.4. The Morgan fingerprint density at radius 3 is 2.57 bits per heavy atom. The van der Waals surface area contributed by atoms with Crippen molar-refractivity contribution in [1.29, 1.82) is 0 Å². The zero-order valence-electron chi connectivity index (χ0n) is 14.8. The summed E-state index contributed by atoms with van der Waals surface area (Å²) in [5.41, 5.74) is 1.01. The number of hydrogen-bond acceptors (Lipinski definition) is 6. The molecule has 0 spiro atoms. The van der Waals surface area contributed by atoms with Gasteiger partial charge in [-0.1, -0.05) is 19.6 Å². The maximum absolute atomic E-state index is 11.9. The summed E-state index contributed by atoms with van der Waals surface area (Å²) in [6.07, 6.45) is 1.49. The van der Waals surface area contributed by atoms with Crippen molar-refractivity contribution in [2.45, 2.75) is 39.3 Å². The van der Waals surface area contributed by atoms with Crippen molar-refractivity contribution in [3.63, 3.8) is 0 Å². The molecule has 0 unspecified atom stereocenters. The molecule has 0 amide bonds. The van der Waals surface area contributed by atoms with E-state index in [0.29, 0.717) is 29.2 Å². The molecule has 2 rings (SSSR count). The highest BCUT2D eigenvalue weighted by Crippen LogP contribution is 2.25. The molecule has 8 heteroatoms. The van der Waals surface area contributed by atoms with E-state index in [9.17, 15) is 4.79 Å². The summed E-state index contributed by atoms with van der Waals surface area (Å²) in [4.78, 5) is 22.3. The lowest BCUT2D eigenvalue weighted by atomic mass is 10.2. The van der Waals surface area contributed by atoms with Gasteiger partial charge in [-0.2, -0.15) is 5.10 Å². The fraction of sp³-hybridized carbons (Fsp3) is 0.600. The normalized spacial score (nSPS) is 11.9. The van der Waals surface area contributed by atoms with E-state index in [0.717, 1.165) is 6.04 Å². The van der Waals surface area contributed by atoms with Crippen molar-refractivity contribution in [2.75, 3.05) is 25.6 Å². The van der Waals surface area contributed by atoms with Crippen molar-refractivity contribution < 1.29 is 9.53 Å². The zero-order valence-corrected chi connectivity index (χ0v) is 15.8. The Labute approximate surface area is 137 Å². The molecule has 0 N–H and O–H groups in total. The highest BCUT2D eigenvalue weighted by Gasteiger charge is 2.20. The van der Waals surface area contributed by atoms with Gasteiger partial charge in [0.1, 0.15) is 24.6 Å². The number of hydrogen-bond donors (Lipinski definition) is 0. The Morgan fingerprint density at radius 1 is 1.30 bits per heavy atom. The van der Waals surface area contributed by atoms with Crippen molar-refractivity contribution in [3.05, 3.63) is 12.0 Å². The highest BCUT2D eigenvalue weighted by molar-refractivity contribution is 6.76. The summed E-state index contributed by atoms with van der Waals surface area (Å²) < 4.78 is 7.39. The third-order valence-electron chi connectivity index (χ3n) is 3.48. The number of nitrogens with zero attached hydrogens (tertiary/aromatic N) is 5. The molecule has 0 fully saturated rings. The van der Waals surface area contributed by atoms with E-state index in [4.69, 9.17) is 4.74 Å². The number of anilines is 1. The van der Waals surface area contributed by atoms with Gasteiger partial charge >= 0.3 is 0 Å². The van der Waals surface area contributed by atoms with Crippen LogP contribution in [0.3, 0.4) is 0 Å². The first kappa shape index (κ1) is 17.5. The highest BCUT2D eigenvalue weighted by atomic mass is 28.3. The molecule has 0 aliphatic heterocycles. The predicted octanol–water partition coefficient (Wildman–Crippen LogP) is 2.41. The molecule has 0 bridgehead atoms. The molecule has 0 aliphatic carbocycles. The number of carbonyl (C=O) groups is 1. The van der Waals surface area contributed by atoms with E-state index in [1.807, 2.05) is 19.0 Å². The van der Waals surface area contributed by atoms with E-state index in [2.05, 4.69) is 34.7 Å². The number of rotatable bonds is 7. The number of aromatic nitrogens is 4. The second-order valence-corrected chi connectivity index (χ2v) is 12.7. The Kier molecular flexibility index (Phi) is 5.15. The Balaban J connectivity index is 2.31. The molecular weight excluding hydrogens is 310 g/mol. The molecule has 2 heterocycles. The molecule has 2 aromatic heterocycles. The van der Waals surface area contributed by atoms with Crippen LogP contribution in [0.4, 0.5) is 5.82 Å². The van der Waals surface area contributed by atoms with Crippen LogP contribution in [0, 0.1) is 0 Å². The van der Waals surface area contributed by atoms with Crippen LogP contribution in [0.2, 0.25) is 25.7 Å². The smallest absolute Gasteiger partial charge is 0.180 e. The molecule has 0 radical (unpaired) electrons. The number of Topliss-reactive ketones (excluding diaryl/α,β-unsaturated/α-hetero) is 1. The second kappa shape index (κ2) is 6.75. The fourth-order valence-corrected chi connectivity index (χ4v) is 2.95. The summed E-state index contributed by atoms with van der Waals surface area (Å²) in [7, 11) is 2.64. The maximum atomic E-state index is 11.9. The van der Waals surface area contributed by atoms with Crippen molar-refractivity contribution in [2.24, 2.45) is 0 Å². The fourth-order valence-electron chi connectivity index (χ4n) is 2.20. The lowest BCUT2D eigenvalue weighted by Crippen LogP contribution is -2.22. The van der Waals surface area contributed by atoms with Gasteiger partial charge in [0.05, 0.1) is 5.39 Å². The van der Waals surface area contributed by atoms with Crippen LogP contribution >= 0.6 is 0 Å². The quantitative estimate of drug-likeness (QED) is 0.439. The monoisotopic (exact) mass is 335 g/mol. The molecule has 0 saturated carbocycles. The van der Waals surface area contributed by atoms with Gasteiger partial charge in [0.15, 0.2) is 11.4 Å².